The first kappa shape index (κ1) is 21.8. The van der Waals surface area contributed by atoms with E-state index in [2.05, 4.69) is 36.9 Å². The number of halogens is 1. The highest BCUT2D eigenvalue weighted by Crippen LogP contribution is 2.35. The fourth-order valence-electron chi connectivity index (χ4n) is 5.04. The van der Waals surface area contributed by atoms with Crippen LogP contribution in [0.25, 0.3) is 0 Å². The Hall–Kier alpha value is -2.40. The molecule has 2 aliphatic heterocycles. The largest absolute Gasteiger partial charge is 0.493 e. The number of benzene rings is 2. The molecule has 0 spiro atoms. The topological polar surface area (TPSA) is 32.8 Å². The minimum absolute atomic E-state index is 0.00672. The number of piperidine rings is 1. The van der Waals surface area contributed by atoms with Crippen molar-refractivity contribution in [2.75, 3.05) is 26.2 Å². The Morgan fingerprint density at radius 1 is 1.10 bits per heavy atom. The molecular formula is C26H33FN2O2. The first-order valence-electron chi connectivity index (χ1n) is 11.5. The fraction of sp³-hybridized carbons (Fsp3) is 0.500. The zero-order chi connectivity index (χ0) is 21.8. The quantitative estimate of drug-likeness (QED) is 0.647. The Bertz CT molecular complexity index is 875. The molecule has 4 rings (SSSR count). The SMILES string of the molecule is CC(C)N(C(=O)c1ccc(F)cc1)C1CCN(CCC2CCOc3ccccc32)CC1. The van der Waals surface area contributed by atoms with Crippen LogP contribution in [0.4, 0.5) is 4.39 Å². The fourth-order valence-corrected chi connectivity index (χ4v) is 5.04. The molecular weight excluding hydrogens is 391 g/mol. The third kappa shape index (κ3) is 5.09. The summed E-state index contributed by atoms with van der Waals surface area (Å²) in [7, 11) is 0. The average Bonchev–Trinajstić information content (AvgIpc) is 2.79. The summed E-state index contributed by atoms with van der Waals surface area (Å²) in [6.07, 6.45) is 4.19. The van der Waals surface area contributed by atoms with Gasteiger partial charge in [0.25, 0.3) is 5.91 Å². The molecule has 5 heteroatoms. The van der Waals surface area contributed by atoms with E-state index in [0.717, 1.165) is 57.7 Å². The van der Waals surface area contributed by atoms with Crippen LogP contribution in [0.15, 0.2) is 48.5 Å². The minimum Gasteiger partial charge on any atom is -0.493 e. The normalized spacial score (nSPS) is 19.7. The number of nitrogens with zero attached hydrogens (tertiary/aromatic N) is 2. The summed E-state index contributed by atoms with van der Waals surface area (Å²) in [5, 5.41) is 0. The summed E-state index contributed by atoms with van der Waals surface area (Å²) in [6, 6.07) is 14.7. The maximum Gasteiger partial charge on any atom is 0.254 e. The monoisotopic (exact) mass is 424 g/mol. The molecule has 2 aromatic carbocycles. The van der Waals surface area contributed by atoms with Gasteiger partial charge in [-0.3, -0.25) is 4.79 Å². The summed E-state index contributed by atoms with van der Waals surface area (Å²) in [5.41, 5.74) is 1.91. The summed E-state index contributed by atoms with van der Waals surface area (Å²) < 4.78 is 19.1. The molecule has 2 aliphatic rings. The Balaban J connectivity index is 1.32. The Kier molecular flexibility index (Phi) is 6.91. The van der Waals surface area contributed by atoms with Crippen molar-refractivity contribution in [3.63, 3.8) is 0 Å². The van der Waals surface area contributed by atoms with Crippen LogP contribution in [-0.4, -0.2) is 54.0 Å². The van der Waals surface area contributed by atoms with Gasteiger partial charge in [-0.25, -0.2) is 4.39 Å². The van der Waals surface area contributed by atoms with Crippen molar-refractivity contribution < 1.29 is 13.9 Å². The predicted molar refractivity (Wildman–Crippen MR) is 121 cm³/mol. The lowest BCUT2D eigenvalue weighted by atomic mass is 9.90. The smallest absolute Gasteiger partial charge is 0.254 e. The lowest BCUT2D eigenvalue weighted by Crippen LogP contribution is -2.50. The molecule has 1 saturated heterocycles. The Labute approximate surface area is 185 Å². The van der Waals surface area contributed by atoms with Gasteiger partial charge < -0.3 is 14.5 Å². The molecule has 0 radical (unpaired) electrons. The number of likely N-dealkylation sites (tertiary alicyclic amines) is 1. The lowest BCUT2D eigenvalue weighted by molar-refractivity contribution is 0.0481. The van der Waals surface area contributed by atoms with Gasteiger partial charge in [0.15, 0.2) is 0 Å². The van der Waals surface area contributed by atoms with Crippen LogP contribution in [0.1, 0.15) is 61.4 Å². The van der Waals surface area contributed by atoms with Crippen molar-refractivity contribution in [1.82, 2.24) is 9.80 Å². The van der Waals surface area contributed by atoms with E-state index >= 15 is 0 Å². The molecule has 1 amide bonds. The van der Waals surface area contributed by atoms with E-state index in [1.807, 2.05) is 11.0 Å². The summed E-state index contributed by atoms with van der Waals surface area (Å²) in [5.74, 6) is 1.31. The zero-order valence-electron chi connectivity index (χ0n) is 18.6. The second-order valence-electron chi connectivity index (χ2n) is 9.05. The van der Waals surface area contributed by atoms with Gasteiger partial charge in [-0.1, -0.05) is 18.2 Å². The predicted octanol–water partition coefficient (Wildman–Crippen LogP) is 5.10. The number of carbonyl (C=O) groups excluding carboxylic acids is 1. The molecule has 0 aliphatic carbocycles. The van der Waals surface area contributed by atoms with Crippen LogP contribution in [0.5, 0.6) is 5.75 Å². The third-order valence-electron chi connectivity index (χ3n) is 6.71. The molecule has 4 nitrogen and oxygen atoms in total. The zero-order valence-corrected chi connectivity index (χ0v) is 18.6. The van der Waals surface area contributed by atoms with Gasteiger partial charge in [-0.15, -0.1) is 0 Å². The highest BCUT2D eigenvalue weighted by Gasteiger charge is 2.31. The van der Waals surface area contributed by atoms with Crippen LogP contribution in [-0.2, 0) is 0 Å². The maximum absolute atomic E-state index is 13.3. The summed E-state index contributed by atoms with van der Waals surface area (Å²) >= 11 is 0. The molecule has 2 aromatic rings. The number of para-hydroxylation sites is 1. The average molecular weight is 425 g/mol. The molecule has 1 fully saturated rings. The van der Waals surface area contributed by atoms with Crippen LogP contribution < -0.4 is 4.74 Å². The number of fused-ring (bicyclic) bond motifs is 1. The molecule has 2 heterocycles. The molecule has 31 heavy (non-hydrogen) atoms. The number of rotatable bonds is 6. The lowest BCUT2D eigenvalue weighted by Gasteiger charge is -2.41. The van der Waals surface area contributed by atoms with E-state index in [9.17, 15) is 9.18 Å². The highest BCUT2D eigenvalue weighted by atomic mass is 19.1. The van der Waals surface area contributed by atoms with Crippen molar-refractivity contribution in [3.05, 3.63) is 65.5 Å². The van der Waals surface area contributed by atoms with Crippen LogP contribution in [0, 0.1) is 5.82 Å². The minimum atomic E-state index is -0.312. The van der Waals surface area contributed by atoms with Gasteiger partial charge in [-0.05, 0) is 87.9 Å². The van der Waals surface area contributed by atoms with Crippen molar-refractivity contribution in [3.8, 4) is 5.75 Å². The molecule has 1 unspecified atom stereocenters. The molecule has 0 saturated carbocycles. The maximum atomic E-state index is 13.3. The second-order valence-corrected chi connectivity index (χ2v) is 9.05. The van der Waals surface area contributed by atoms with Gasteiger partial charge in [0, 0.05) is 30.7 Å². The van der Waals surface area contributed by atoms with Crippen molar-refractivity contribution in [2.24, 2.45) is 0 Å². The highest BCUT2D eigenvalue weighted by molar-refractivity contribution is 5.94. The molecule has 1 atom stereocenters. The Morgan fingerprint density at radius 3 is 2.52 bits per heavy atom. The number of hydrogen-bond acceptors (Lipinski definition) is 3. The second kappa shape index (κ2) is 9.82. The number of ether oxygens (including phenoxy) is 1. The number of hydrogen-bond donors (Lipinski definition) is 0. The summed E-state index contributed by atoms with van der Waals surface area (Å²) in [6.45, 7) is 8.04. The van der Waals surface area contributed by atoms with E-state index in [-0.39, 0.29) is 23.8 Å². The van der Waals surface area contributed by atoms with Crippen molar-refractivity contribution >= 4 is 5.91 Å². The number of amides is 1. The van der Waals surface area contributed by atoms with Gasteiger partial charge in [0.2, 0.25) is 0 Å². The van der Waals surface area contributed by atoms with Gasteiger partial charge in [-0.2, -0.15) is 0 Å². The first-order chi connectivity index (χ1) is 15.0. The summed E-state index contributed by atoms with van der Waals surface area (Å²) in [4.78, 5) is 17.6. The van der Waals surface area contributed by atoms with Crippen LogP contribution in [0.3, 0.4) is 0 Å². The van der Waals surface area contributed by atoms with Crippen LogP contribution in [0.2, 0.25) is 0 Å². The van der Waals surface area contributed by atoms with E-state index in [0.29, 0.717) is 11.5 Å². The molecule has 166 valence electrons. The van der Waals surface area contributed by atoms with Crippen molar-refractivity contribution in [2.45, 2.75) is 57.5 Å². The standard InChI is InChI=1S/C26H33FN2O2/c1-19(2)29(26(30)21-7-9-22(27)10-8-21)23-12-16-28(17-13-23)15-11-20-14-18-31-25-6-4-3-5-24(20)25/h3-10,19-20,23H,11-18H2,1-2H3. The van der Waals surface area contributed by atoms with E-state index in [4.69, 9.17) is 4.74 Å². The van der Waals surface area contributed by atoms with E-state index in [1.165, 1.54) is 17.7 Å². The van der Waals surface area contributed by atoms with Gasteiger partial charge in [0.05, 0.1) is 6.61 Å². The van der Waals surface area contributed by atoms with Crippen molar-refractivity contribution in [1.29, 1.82) is 0 Å². The Morgan fingerprint density at radius 2 is 1.81 bits per heavy atom. The van der Waals surface area contributed by atoms with E-state index in [1.54, 1.807) is 12.1 Å². The van der Waals surface area contributed by atoms with Gasteiger partial charge in [0.1, 0.15) is 11.6 Å². The first-order valence-corrected chi connectivity index (χ1v) is 11.5. The molecule has 0 bridgehead atoms. The van der Waals surface area contributed by atoms with E-state index < -0.39 is 0 Å². The molecule has 0 aromatic heterocycles. The van der Waals surface area contributed by atoms with Gasteiger partial charge >= 0.3 is 0 Å². The molecule has 0 N–H and O–H groups in total. The third-order valence-corrected chi connectivity index (χ3v) is 6.71. The number of carbonyl (C=O) groups is 1. The van der Waals surface area contributed by atoms with Crippen LogP contribution >= 0.6 is 0 Å².